The van der Waals surface area contributed by atoms with Crippen LogP contribution in [0.15, 0.2) is 78.6 Å². The predicted molar refractivity (Wildman–Crippen MR) is 135 cm³/mol. The number of ketones is 1. The van der Waals surface area contributed by atoms with Gasteiger partial charge in [-0.15, -0.1) is 0 Å². The Morgan fingerprint density at radius 3 is 2.14 bits per heavy atom. The summed E-state index contributed by atoms with van der Waals surface area (Å²) in [5, 5.41) is 11.2. The lowest BCUT2D eigenvalue weighted by molar-refractivity contribution is -0.132. The molecule has 35 heavy (non-hydrogen) atoms. The molecule has 0 aliphatic carbocycles. The maximum absolute atomic E-state index is 13.3. The maximum atomic E-state index is 13.3. The third-order valence-corrected chi connectivity index (χ3v) is 6.68. The smallest absolute Gasteiger partial charge is 0.300 e. The SMILES string of the molecule is COc1ccc(/C(O)=C2\C(=O)C(=O)N(c3ccc(N4CCCCC4)cc3)C2c2ccncc2)cc1. The number of rotatable bonds is 5. The number of amides is 1. The van der Waals surface area contributed by atoms with Gasteiger partial charge in [-0.1, -0.05) is 0 Å². The summed E-state index contributed by atoms with van der Waals surface area (Å²) in [7, 11) is 1.56. The number of carbonyl (C=O) groups is 2. The summed E-state index contributed by atoms with van der Waals surface area (Å²) < 4.78 is 5.19. The second-order valence-electron chi connectivity index (χ2n) is 8.74. The normalized spacial score (nSPS) is 19.7. The maximum Gasteiger partial charge on any atom is 0.300 e. The first-order valence-corrected chi connectivity index (χ1v) is 11.8. The molecule has 1 N–H and O–H groups in total. The number of anilines is 2. The number of Topliss-reactive ketones (excluding diaryl/α,β-unsaturated/α-hetero) is 1. The second-order valence-corrected chi connectivity index (χ2v) is 8.74. The number of benzene rings is 2. The van der Waals surface area contributed by atoms with Crippen molar-refractivity contribution in [3.63, 3.8) is 0 Å². The highest BCUT2D eigenvalue weighted by Gasteiger charge is 2.47. The lowest BCUT2D eigenvalue weighted by Gasteiger charge is -2.30. The number of hydrogen-bond donors (Lipinski definition) is 1. The standard InChI is InChI=1S/C28H27N3O4/c1-35-23-11-5-20(6-12-23)26(32)24-25(19-13-15-29-16-14-19)31(28(34)27(24)33)22-9-7-21(8-10-22)30-17-3-2-4-18-30/h5-16,25,32H,2-4,17-18H2,1H3/b26-24+. The Balaban J connectivity index is 1.58. The number of nitrogens with zero attached hydrogens (tertiary/aromatic N) is 3. The lowest BCUT2D eigenvalue weighted by atomic mass is 9.95. The molecule has 3 heterocycles. The molecule has 1 atom stereocenters. The van der Waals surface area contributed by atoms with Crippen molar-refractivity contribution in [3.8, 4) is 5.75 Å². The summed E-state index contributed by atoms with van der Waals surface area (Å²) in [4.78, 5) is 34.5. The van der Waals surface area contributed by atoms with Gasteiger partial charge in [0.05, 0.1) is 18.7 Å². The Bertz CT molecular complexity index is 1250. The highest BCUT2D eigenvalue weighted by Crippen LogP contribution is 2.42. The fourth-order valence-electron chi connectivity index (χ4n) is 4.84. The Morgan fingerprint density at radius 2 is 1.51 bits per heavy atom. The van der Waals surface area contributed by atoms with E-state index in [-0.39, 0.29) is 11.3 Å². The number of hydrogen-bond acceptors (Lipinski definition) is 6. The Kier molecular flexibility index (Phi) is 6.23. The Morgan fingerprint density at radius 1 is 0.886 bits per heavy atom. The van der Waals surface area contributed by atoms with Crippen LogP contribution in [0.5, 0.6) is 5.75 Å². The van der Waals surface area contributed by atoms with E-state index in [1.54, 1.807) is 55.9 Å². The first kappa shape index (κ1) is 22.7. The van der Waals surface area contributed by atoms with E-state index < -0.39 is 17.7 Å². The van der Waals surface area contributed by atoms with Gasteiger partial charge in [0.2, 0.25) is 0 Å². The van der Waals surface area contributed by atoms with Crippen molar-refractivity contribution in [3.05, 3.63) is 89.8 Å². The number of aliphatic hydroxyl groups is 1. The van der Waals surface area contributed by atoms with Crippen LogP contribution in [0.2, 0.25) is 0 Å². The van der Waals surface area contributed by atoms with Crippen molar-refractivity contribution in [2.45, 2.75) is 25.3 Å². The first-order chi connectivity index (χ1) is 17.1. The molecule has 0 saturated carbocycles. The van der Waals surface area contributed by atoms with E-state index in [2.05, 4.69) is 9.88 Å². The zero-order valence-electron chi connectivity index (χ0n) is 19.6. The van der Waals surface area contributed by atoms with Crippen LogP contribution < -0.4 is 14.5 Å². The van der Waals surface area contributed by atoms with Gasteiger partial charge >= 0.3 is 0 Å². The quantitative estimate of drug-likeness (QED) is 0.331. The third kappa shape index (κ3) is 4.25. The topological polar surface area (TPSA) is 83.0 Å². The molecule has 2 fully saturated rings. The predicted octanol–water partition coefficient (Wildman–Crippen LogP) is 4.71. The number of aromatic nitrogens is 1. The van der Waals surface area contributed by atoms with Crippen LogP contribution in [0, 0.1) is 0 Å². The molecule has 1 aromatic heterocycles. The number of aliphatic hydroxyl groups excluding tert-OH is 1. The Hall–Kier alpha value is -4.13. The molecule has 1 unspecified atom stereocenters. The van der Waals surface area contributed by atoms with Crippen LogP contribution in [-0.2, 0) is 9.59 Å². The number of piperidine rings is 1. The summed E-state index contributed by atoms with van der Waals surface area (Å²) in [5.41, 5.74) is 2.87. The first-order valence-electron chi connectivity index (χ1n) is 11.8. The molecule has 7 heteroatoms. The van der Waals surface area contributed by atoms with Crippen LogP contribution in [0.3, 0.4) is 0 Å². The van der Waals surface area contributed by atoms with Crippen molar-refractivity contribution in [1.82, 2.24) is 4.98 Å². The number of carbonyl (C=O) groups excluding carboxylic acids is 2. The molecule has 1 amide bonds. The fraction of sp³-hybridized carbons (Fsp3) is 0.250. The van der Waals surface area contributed by atoms with E-state index in [0.717, 1.165) is 18.8 Å². The fourth-order valence-corrected chi connectivity index (χ4v) is 4.84. The summed E-state index contributed by atoms with van der Waals surface area (Å²) in [6.45, 7) is 2.03. The van der Waals surface area contributed by atoms with Gasteiger partial charge in [0.25, 0.3) is 11.7 Å². The average Bonchev–Trinajstić information content (AvgIpc) is 3.19. The highest BCUT2D eigenvalue weighted by molar-refractivity contribution is 6.51. The summed E-state index contributed by atoms with van der Waals surface area (Å²) in [6.07, 6.45) is 6.82. The zero-order chi connectivity index (χ0) is 24.4. The van der Waals surface area contributed by atoms with Gasteiger partial charge in [-0.25, -0.2) is 0 Å². The molecule has 2 saturated heterocycles. The van der Waals surface area contributed by atoms with Gasteiger partial charge in [-0.05, 0) is 85.5 Å². The van der Waals surface area contributed by atoms with Gasteiger partial charge < -0.3 is 14.7 Å². The molecular weight excluding hydrogens is 442 g/mol. The summed E-state index contributed by atoms with van der Waals surface area (Å²) in [5.74, 6) is -0.991. The molecule has 7 nitrogen and oxygen atoms in total. The van der Waals surface area contributed by atoms with E-state index in [1.807, 2.05) is 24.3 Å². The van der Waals surface area contributed by atoms with Crippen molar-refractivity contribution in [2.24, 2.45) is 0 Å². The second kappa shape index (κ2) is 9.62. The molecule has 2 aliphatic heterocycles. The van der Waals surface area contributed by atoms with Gasteiger partial charge in [0.1, 0.15) is 11.5 Å². The molecule has 2 aliphatic rings. The Labute approximate surface area is 204 Å². The van der Waals surface area contributed by atoms with Crippen LogP contribution in [0.4, 0.5) is 11.4 Å². The molecule has 0 bridgehead atoms. The van der Waals surface area contributed by atoms with Gasteiger partial charge in [0.15, 0.2) is 0 Å². The van der Waals surface area contributed by atoms with Crippen LogP contribution in [0.1, 0.15) is 36.4 Å². The monoisotopic (exact) mass is 469 g/mol. The number of methoxy groups -OCH3 is 1. The van der Waals surface area contributed by atoms with Crippen molar-refractivity contribution in [1.29, 1.82) is 0 Å². The van der Waals surface area contributed by atoms with Crippen LogP contribution >= 0.6 is 0 Å². The van der Waals surface area contributed by atoms with E-state index in [0.29, 0.717) is 22.6 Å². The third-order valence-electron chi connectivity index (χ3n) is 6.68. The number of ether oxygens (including phenoxy) is 1. The van der Waals surface area contributed by atoms with Gasteiger partial charge in [0, 0.05) is 42.4 Å². The largest absolute Gasteiger partial charge is 0.507 e. The molecule has 3 aromatic rings. The molecule has 5 rings (SSSR count). The lowest BCUT2D eigenvalue weighted by Crippen LogP contribution is -2.30. The van der Waals surface area contributed by atoms with Crippen molar-refractivity contribution in [2.75, 3.05) is 30.0 Å². The molecule has 2 aromatic carbocycles. The highest BCUT2D eigenvalue weighted by atomic mass is 16.5. The van der Waals surface area contributed by atoms with Gasteiger partial charge in [-0.2, -0.15) is 0 Å². The van der Waals surface area contributed by atoms with Crippen LogP contribution in [0.25, 0.3) is 5.76 Å². The molecule has 0 radical (unpaired) electrons. The summed E-state index contributed by atoms with van der Waals surface area (Å²) in [6, 6.07) is 17.2. The zero-order valence-corrected chi connectivity index (χ0v) is 19.6. The summed E-state index contributed by atoms with van der Waals surface area (Å²) >= 11 is 0. The number of pyridine rings is 1. The average molecular weight is 470 g/mol. The molecule has 178 valence electrons. The minimum atomic E-state index is -0.777. The van der Waals surface area contributed by atoms with E-state index >= 15 is 0 Å². The van der Waals surface area contributed by atoms with E-state index in [9.17, 15) is 14.7 Å². The molecule has 0 spiro atoms. The van der Waals surface area contributed by atoms with E-state index in [1.165, 1.54) is 24.2 Å². The minimum Gasteiger partial charge on any atom is -0.507 e. The van der Waals surface area contributed by atoms with Crippen LogP contribution in [-0.4, -0.2) is 42.0 Å². The minimum absolute atomic E-state index is 0.0477. The van der Waals surface area contributed by atoms with Crippen molar-refractivity contribution >= 4 is 28.8 Å². The molecular formula is C28H27N3O4. The van der Waals surface area contributed by atoms with Gasteiger partial charge in [-0.3, -0.25) is 19.5 Å². The van der Waals surface area contributed by atoms with E-state index in [4.69, 9.17) is 4.74 Å². The van der Waals surface area contributed by atoms with Crippen molar-refractivity contribution < 1.29 is 19.4 Å².